The van der Waals surface area contributed by atoms with Crippen LogP contribution in [-0.2, 0) is 10.0 Å². The summed E-state index contributed by atoms with van der Waals surface area (Å²) in [6, 6.07) is 11.0. The second-order valence-corrected chi connectivity index (χ2v) is 6.69. The fourth-order valence-electron chi connectivity index (χ4n) is 1.75. The number of rotatable bonds is 3. The number of hydrogen-bond acceptors (Lipinski definition) is 4. The maximum atomic E-state index is 11.9. The minimum absolute atomic E-state index is 0.0329. The van der Waals surface area contributed by atoms with Crippen LogP contribution in [0.2, 0.25) is 0 Å². The van der Waals surface area contributed by atoms with Gasteiger partial charge >= 0.3 is 0 Å². The first-order valence-corrected chi connectivity index (χ1v) is 7.46. The van der Waals surface area contributed by atoms with Crippen LogP contribution in [0.25, 0.3) is 11.3 Å². The Hall–Kier alpha value is -2.43. The summed E-state index contributed by atoms with van der Waals surface area (Å²) in [6.45, 7) is 0. The number of aromatic amines is 1. The van der Waals surface area contributed by atoms with E-state index in [-0.39, 0.29) is 10.5 Å². The monoisotopic (exact) mass is 303 g/mol. The molecule has 0 saturated heterocycles. The van der Waals surface area contributed by atoms with Crippen LogP contribution >= 0.6 is 0 Å². The van der Waals surface area contributed by atoms with Gasteiger partial charge in [-0.05, 0) is 29.8 Å². The average molecular weight is 303 g/mol. The Morgan fingerprint density at radius 2 is 1.71 bits per heavy atom. The molecule has 7 heteroatoms. The van der Waals surface area contributed by atoms with Crippen LogP contribution in [0.15, 0.2) is 46.1 Å². The van der Waals surface area contributed by atoms with Gasteiger partial charge in [-0.15, -0.1) is 0 Å². The van der Waals surface area contributed by atoms with Crippen LogP contribution in [0.1, 0.15) is 5.56 Å². The molecule has 0 aliphatic carbocycles. The highest BCUT2D eigenvalue weighted by Gasteiger charge is 2.16. The molecular weight excluding hydrogens is 290 g/mol. The Kier molecular flexibility index (Phi) is 3.93. The van der Waals surface area contributed by atoms with E-state index in [1.54, 1.807) is 24.3 Å². The van der Waals surface area contributed by atoms with Crippen LogP contribution in [0, 0.1) is 11.3 Å². The molecular formula is C14H13N3O3S. The fraction of sp³-hybridized carbons (Fsp3) is 0.143. The first-order chi connectivity index (χ1) is 9.86. The molecule has 21 heavy (non-hydrogen) atoms. The third kappa shape index (κ3) is 2.86. The van der Waals surface area contributed by atoms with Crippen LogP contribution < -0.4 is 5.56 Å². The molecule has 2 aromatic rings. The third-order valence-electron chi connectivity index (χ3n) is 2.97. The van der Waals surface area contributed by atoms with Crippen molar-refractivity contribution in [3.63, 3.8) is 0 Å². The minimum atomic E-state index is -3.48. The van der Waals surface area contributed by atoms with E-state index in [1.165, 1.54) is 32.3 Å². The number of benzene rings is 1. The summed E-state index contributed by atoms with van der Waals surface area (Å²) in [5.74, 6) is 0. The number of aromatic nitrogens is 1. The maximum Gasteiger partial charge on any atom is 0.266 e. The number of nitrogens with zero attached hydrogens (tertiary/aromatic N) is 2. The third-order valence-corrected chi connectivity index (χ3v) is 4.80. The van der Waals surface area contributed by atoms with E-state index in [0.29, 0.717) is 11.3 Å². The Morgan fingerprint density at radius 1 is 1.10 bits per heavy atom. The summed E-state index contributed by atoms with van der Waals surface area (Å²) in [5.41, 5.74) is 0.743. The smallest absolute Gasteiger partial charge is 0.266 e. The Labute approximate surface area is 122 Å². The van der Waals surface area contributed by atoms with Gasteiger partial charge in [0.15, 0.2) is 0 Å². The number of hydrogen-bond donors (Lipinski definition) is 1. The zero-order valence-corrected chi connectivity index (χ0v) is 12.3. The van der Waals surface area contributed by atoms with Crippen molar-refractivity contribution in [1.82, 2.24) is 9.29 Å². The van der Waals surface area contributed by atoms with Gasteiger partial charge in [-0.1, -0.05) is 12.1 Å². The molecule has 108 valence electrons. The molecule has 6 nitrogen and oxygen atoms in total. The van der Waals surface area contributed by atoms with Crippen molar-refractivity contribution in [1.29, 1.82) is 5.26 Å². The second kappa shape index (κ2) is 5.52. The normalized spacial score (nSPS) is 11.3. The first kappa shape index (κ1) is 15.0. The van der Waals surface area contributed by atoms with Crippen LogP contribution in [-0.4, -0.2) is 31.8 Å². The fourth-order valence-corrected chi connectivity index (χ4v) is 2.65. The molecule has 1 N–H and O–H groups in total. The van der Waals surface area contributed by atoms with E-state index in [0.717, 1.165) is 4.31 Å². The molecule has 2 rings (SSSR count). The van der Waals surface area contributed by atoms with Crippen molar-refractivity contribution < 1.29 is 8.42 Å². The standard InChI is InChI=1S/C14H13N3O3S/c1-17(2)21(19,20)12-6-3-10(4-7-12)13-8-5-11(9-15)14(18)16-13/h3-8H,1-2H3,(H,16,18). The second-order valence-electron chi connectivity index (χ2n) is 4.54. The zero-order chi connectivity index (χ0) is 15.6. The van der Waals surface area contributed by atoms with E-state index in [2.05, 4.69) is 4.98 Å². The summed E-state index contributed by atoms with van der Waals surface area (Å²) in [6.07, 6.45) is 0. The van der Waals surface area contributed by atoms with Gasteiger partial charge < -0.3 is 4.98 Å². The molecule has 1 aromatic heterocycles. The van der Waals surface area contributed by atoms with Gasteiger partial charge in [-0.2, -0.15) is 5.26 Å². The molecule has 0 fully saturated rings. The average Bonchev–Trinajstić information content (AvgIpc) is 2.47. The Balaban J connectivity index is 2.43. The maximum absolute atomic E-state index is 11.9. The predicted octanol–water partition coefficient (Wildman–Crippen LogP) is 1.16. The van der Waals surface area contributed by atoms with Crippen molar-refractivity contribution in [2.24, 2.45) is 0 Å². The molecule has 0 radical (unpaired) electrons. The lowest BCUT2D eigenvalue weighted by Crippen LogP contribution is -2.22. The van der Waals surface area contributed by atoms with Gasteiger partial charge in [-0.25, -0.2) is 12.7 Å². The van der Waals surface area contributed by atoms with Gasteiger partial charge in [0.2, 0.25) is 10.0 Å². The molecule has 0 aliphatic rings. The lowest BCUT2D eigenvalue weighted by atomic mass is 10.1. The molecule has 0 unspecified atom stereocenters. The van der Waals surface area contributed by atoms with Crippen molar-refractivity contribution in [2.45, 2.75) is 4.90 Å². The number of pyridine rings is 1. The summed E-state index contributed by atoms with van der Waals surface area (Å²) in [5, 5.41) is 8.72. The van der Waals surface area contributed by atoms with E-state index in [9.17, 15) is 13.2 Å². The van der Waals surface area contributed by atoms with Gasteiger partial charge in [0, 0.05) is 19.8 Å². The molecule has 0 spiro atoms. The Morgan fingerprint density at radius 3 is 2.19 bits per heavy atom. The van der Waals surface area contributed by atoms with Crippen molar-refractivity contribution >= 4 is 10.0 Å². The lowest BCUT2D eigenvalue weighted by Gasteiger charge is -2.11. The van der Waals surface area contributed by atoms with Crippen molar-refractivity contribution in [2.75, 3.05) is 14.1 Å². The van der Waals surface area contributed by atoms with Gasteiger partial charge in [0.25, 0.3) is 5.56 Å². The van der Waals surface area contributed by atoms with E-state index < -0.39 is 15.6 Å². The van der Waals surface area contributed by atoms with Crippen LogP contribution in [0.3, 0.4) is 0 Å². The molecule has 1 heterocycles. The largest absolute Gasteiger partial charge is 0.321 e. The molecule has 0 atom stereocenters. The summed E-state index contributed by atoms with van der Waals surface area (Å²) < 4.78 is 25.0. The lowest BCUT2D eigenvalue weighted by molar-refractivity contribution is 0.521. The molecule has 0 aliphatic heterocycles. The van der Waals surface area contributed by atoms with E-state index in [1.807, 2.05) is 0 Å². The molecule has 1 aromatic carbocycles. The quantitative estimate of drug-likeness (QED) is 0.920. The van der Waals surface area contributed by atoms with Gasteiger partial charge in [-0.3, -0.25) is 4.79 Å². The minimum Gasteiger partial charge on any atom is -0.321 e. The predicted molar refractivity (Wildman–Crippen MR) is 78.1 cm³/mol. The van der Waals surface area contributed by atoms with Crippen molar-refractivity contribution in [3.8, 4) is 17.3 Å². The number of sulfonamides is 1. The highest BCUT2D eigenvalue weighted by atomic mass is 32.2. The van der Waals surface area contributed by atoms with Gasteiger partial charge in [0.05, 0.1) is 4.90 Å². The SMILES string of the molecule is CN(C)S(=O)(=O)c1ccc(-c2ccc(C#N)c(=O)[nH]2)cc1. The zero-order valence-electron chi connectivity index (χ0n) is 11.5. The molecule has 0 amide bonds. The summed E-state index contributed by atoms with van der Waals surface area (Å²) in [4.78, 5) is 14.3. The summed E-state index contributed by atoms with van der Waals surface area (Å²) >= 11 is 0. The van der Waals surface area contributed by atoms with E-state index in [4.69, 9.17) is 5.26 Å². The van der Waals surface area contributed by atoms with E-state index >= 15 is 0 Å². The highest BCUT2D eigenvalue weighted by molar-refractivity contribution is 7.89. The number of H-pyrrole nitrogens is 1. The van der Waals surface area contributed by atoms with Gasteiger partial charge in [0.1, 0.15) is 11.6 Å². The number of nitriles is 1. The molecule has 0 bridgehead atoms. The summed E-state index contributed by atoms with van der Waals surface area (Å²) in [7, 11) is -0.557. The number of nitrogens with one attached hydrogen (secondary N) is 1. The van der Waals surface area contributed by atoms with Crippen LogP contribution in [0.4, 0.5) is 0 Å². The highest BCUT2D eigenvalue weighted by Crippen LogP contribution is 2.20. The van der Waals surface area contributed by atoms with Crippen molar-refractivity contribution in [3.05, 3.63) is 52.3 Å². The van der Waals surface area contributed by atoms with Crippen LogP contribution in [0.5, 0.6) is 0 Å². The topological polar surface area (TPSA) is 94.0 Å². The first-order valence-electron chi connectivity index (χ1n) is 6.02. The molecule has 0 saturated carbocycles. The Bertz CT molecular complexity index is 860.